The van der Waals surface area contributed by atoms with Gasteiger partial charge in [0, 0.05) is 28.1 Å². The average Bonchev–Trinajstić information content (AvgIpc) is 3.17. The number of sulfone groups is 1. The smallest absolute Gasteiger partial charge is 0.306 e. The molecule has 0 radical (unpaired) electrons. The summed E-state index contributed by atoms with van der Waals surface area (Å²) in [6.45, 7) is 0. The van der Waals surface area contributed by atoms with Gasteiger partial charge in [0.2, 0.25) is 0 Å². The molecular formula is C14H24O5S2. The van der Waals surface area contributed by atoms with Gasteiger partial charge in [-0.05, 0) is 37.5 Å². The summed E-state index contributed by atoms with van der Waals surface area (Å²) < 4.78 is 40.6. The molecule has 0 aromatic heterocycles. The topological polar surface area (TPSA) is 77.5 Å². The fraction of sp³-hybridized carbons (Fsp3) is 0.929. The molecule has 3 unspecified atom stereocenters. The molecule has 0 spiro atoms. The van der Waals surface area contributed by atoms with Crippen molar-refractivity contribution in [2.45, 2.75) is 55.4 Å². The molecule has 2 rings (SSSR count). The van der Waals surface area contributed by atoms with Crippen LogP contribution in [-0.2, 0) is 30.2 Å². The van der Waals surface area contributed by atoms with Crippen LogP contribution in [0.15, 0.2) is 0 Å². The lowest BCUT2D eigenvalue weighted by Crippen LogP contribution is -2.34. The first-order chi connectivity index (χ1) is 9.76. The highest BCUT2D eigenvalue weighted by molar-refractivity contribution is 7.91. The zero-order valence-electron chi connectivity index (χ0n) is 12.7. The Labute approximate surface area is 129 Å². The van der Waals surface area contributed by atoms with Gasteiger partial charge in [-0.1, -0.05) is 6.42 Å². The van der Waals surface area contributed by atoms with Crippen LogP contribution in [0, 0.1) is 5.41 Å². The number of carbonyl (C=O) groups is 1. The second-order valence-corrected chi connectivity index (χ2v) is 10.6. The Balaban J connectivity index is 1.93. The van der Waals surface area contributed by atoms with Crippen LogP contribution in [0.25, 0.3) is 0 Å². The molecule has 122 valence electrons. The first-order valence-corrected chi connectivity index (χ1v) is 10.7. The second-order valence-electron chi connectivity index (χ2n) is 6.52. The second kappa shape index (κ2) is 6.36. The molecule has 0 amide bonds. The van der Waals surface area contributed by atoms with Crippen molar-refractivity contribution in [2.24, 2.45) is 5.41 Å². The fourth-order valence-electron chi connectivity index (χ4n) is 3.08. The minimum atomic E-state index is -3.05. The molecule has 0 bridgehead atoms. The van der Waals surface area contributed by atoms with Crippen LogP contribution in [-0.4, -0.2) is 48.2 Å². The summed E-state index contributed by atoms with van der Waals surface area (Å²) in [5, 5.41) is -0.399. The minimum Gasteiger partial charge on any atom is -0.469 e. The Morgan fingerprint density at radius 2 is 2.00 bits per heavy atom. The van der Waals surface area contributed by atoms with Gasteiger partial charge in [0.05, 0.1) is 18.8 Å². The molecule has 0 aliphatic heterocycles. The quantitative estimate of drug-likeness (QED) is 0.686. The average molecular weight is 336 g/mol. The van der Waals surface area contributed by atoms with Crippen LogP contribution in [0.3, 0.4) is 0 Å². The first kappa shape index (κ1) is 16.9. The van der Waals surface area contributed by atoms with E-state index in [1.54, 1.807) is 0 Å². The maximum Gasteiger partial charge on any atom is 0.306 e. The molecule has 21 heavy (non-hydrogen) atoms. The van der Waals surface area contributed by atoms with Gasteiger partial charge in [-0.2, -0.15) is 0 Å². The number of esters is 1. The lowest BCUT2D eigenvalue weighted by Gasteiger charge is -2.28. The molecule has 0 aromatic carbocycles. The first-order valence-electron chi connectivity index (χ1n) is 7.39. The van der Waals surface area contributed by atoms with E-state index in [1.165, 1.54) is 13.4 Å². The van der Waals surface area contributed by atoms with Crippen molar-refractivity contribution in [2.75, 3.05) is 19.1 Å². The monoisotopic (exact) mass is 336 g/mol. The highest BCUT2D eigenvalue weighted by Crippen LogP contribution is 2.50. The third kappa shape index (κ3) is 4.52. The molecule has 0 N–H and O–H groups in total. The number of rotatable bonds is 6. The van der Waals surface area contributed by atoms with E-state index in [4.69, 9.17) is 4.74 Å². The largest absolute Gasteiger partial charge is 0.469 e. The SMILES string of the molecule is COC(=O)CC1(CS(=O)C2CCCC(S(C)(=O)=O)C2)CC1. The van der Waals surface area contributed by atoms with Crippen LogP contribution in [0.4, 0.5) is 0 Å². The predicted octanol–water partition coefficient (Wildman–Crippen LogP) is 1.43. The van der Waals surface area contributed by atoms with E-state index >= 15 is 0 Å². The highest BCUT2D eigenvalue weighted by atomic mass is 32.2. The lowest BCUT2D eigenvalue weighted by molar-refractivity contribution is -0.141. The van der Waals surface area contributed by atoms with Crippen LogP contribution >= 0.6 is 0 Å². The summed E-state index contributed by atoms with van der Waals surface area (Å²) in [5.41, 5.74) is -0.157. The van der Waals surface area contributed by atoms with E-state index < -0.39 is 20.6 Å². The van der Waals surface area contributed by atoms with E-state index in [0.717, 1.165) is 25.7 Å². The van der Waals surface area contributed by atoms with Crippen LogP contribution in [0.1, 0.15) is 44.9 Å². The van der Waals surface area contributed by atoms with E-state index in [2.05, 4.69) is 0 Å². The molecule has 2 aliphatic rings. The number of carbonyl (C=O) groups excluding carboxylic acids is 1. The van der Waals surface area contributed by atoms with Gasteiger partial charge in [0.1, 0.15) is 9.84 Å². The van der Waals surface area contributed by atoms with Crippen molar-refractivity contribution in [1.82, 2.24) is 0 Å². The molecule has 7 heteroatoms. The number of methoxy groups -OCH3 is 1. The molecule has 2 saturated carbocycles. The maximum absolute atomic E-state index is 12.6. The molecule has 2 aliphatic carbocycles. The van der Waals surface area contributed by atoms with E-state index in [1.807, 2.05) is 0 Å². The zero-order valence-corrected chi connectivity index (χ0v) is 14.3. The van der Waals surface area contributed by atoms with E-state index in [-0.39, 0.29) is 21.9 Å². The number of hydrogen-bond acceptors (Lipinski definition) is 5. The van der Waals surface area contributed by atoms with Gasteiger partial charge in [0.25, 0.3) is 0 Å². The van der Waals surface area contributed by atoms with Crippen molar-refractivity contribution in [1.29, 1.82) is 0 Å². The van der Waals surface area contributed by atoms with Gasteiger partial charge >= 0.3 is 5.97 Å². The summed E-state index contributed by atoms with van der Waals surface area (Å²) in [4.78, 5) is 11.4. The Morgan fingerprint density at radius 3 is 2.52 bits per heavy atom. The third-order valence-electron chi connectivity index (χ3n) is 4.71. The summed E-state index contributed by atoms with van der Waals surface area (Å²) >= 11 is 0. The highest BCUT2D eigenvalue weighted by Gasteiger charge is 2.47. The van der Waals surface area contributed by atoms with Crippen LogP contribution in [0.2, 0.25) is 0 Å². The fourth-order valence-corrected chi connectivity index (χ4v) is 6.48. The third-order valence-corrected chi connectivity index (χ3v) is 8.42. The van der Waals surface area contributed by atoms with Crippen molar-refractivity contribution in [3.8, 4) is 0 Å². The van der Waals surface area contributed by atoms with Gasteiger partial charge in [-0.3, -0.25) is 9.00 Å². The van der Waals surface area contributed by atoms with E-state index in [9.17, 15) is 17.4 Å². The standard InChI is InChI=1S/C14H24O5S2/c1-19-13(15)9-14(6-7-14)10-20(16)11-4-3-5-12(8-11)21(2,17)18/h11-12H,3-10H2,1-2H3. The molecule has 2 fully saturated rings. The van der Waals surface area contributed by atoms with Crippen LogP contribution in [0.5, 0.6) is 0 Å². The number of ether oxygens (including phenoxy) is 1. The molecule has 5 nitrogen and oxygen atoms in total. The van der Waals surface area contributed by atoms with Gasteiger partial charge in [-0.15, -0.1) is 0 Å². The Morgan fingerprint density at radius 1 is 1.33 bits per heavy atom. The zero-order chi connectivity index (χ0) is 15.7. The Hall–Kier alpha value is -0.430. The van der Waals surface area contributed by atoms with Crippen molar-refractivity contribution in [3.63, 3.8) is 0 Å². The van der Waals surface area contributed by atoms with Crippen molar-refractivity contribution < 1.29 is 22.2 Å². The van der Waals surface area contributed by atoms with Crippen LogP contribution < -0.4 is 0 Å². The predicted molar refractivity (Wildman–Crippen MR) is 82.2 cm³/mol. The summed E-state index contributed by atoms with van der Waals surface area (Å²) in [5.74, 6) is 0.255. The van der Waals surface area contributed by atoms with Crippen molar-refractivity contribution in [3.05, 3.63) is 0 Å². The molecule has 0 saturated heterocycles. The minimum absolute atomic E-state index is 0.0476. The van der Waals surface area contributed by atoms with Gasteiger partial charge in [0.15, 0.2) is 0 Å². The normalized spacial score (nSPS) is 29.6. The Bertz CT molecular complexity index is 521. The Kier molecular flexibility index (Phi) is 5.13. The molecule has 0 aromatic rings. The van der Waals surface area contributed by atoms with Gasteiger partial charge < -0.3 is 4.74 Å². The molecular weight excluding hydrogens is 312 g/mol. The van der Waals surface area contributed by atoms with Gasteiger partial charge in [-0.25, -0.2) is 8.42 Å². The van der Waals surface area contributed by atoms with Crippen molar-refractivity contribution >= 4 is 26.6 Å². The summed E-state index contributed by atoms with van der Waals surface area (Å²) in [7, 11) is -2.74. The number of hydrogen-bond donors (Lipinski definition) is 0. The molecule has 3 atom stereocenters. The maximum atomic E-state index is 12.6. The summed E-state index contributed by atoms with van der Waals surface area (Å²) in [6, 6.07) is 0. The summed E-state index contributed by atoms with van der Waals surface area (Å²) in [6.07, 6.45) is 6.25. The van der Waals surface area contributed by atoms with E-state index in [0.29, 0.717) is 25.0 Å². The lowest BCUT2D eigenvalue weighted by atomic mass is 10.00. The molecule has 0 heterocycles.